The average molecular weight is 303 g/mol. The van der Waals surface area contributed by atoms with E-state index in [-0.39, 0.29) is 0 Å². The summed E-state index contributed by atoms with van der Waals surface area (Å²) in [5, 5.41) is 0. The second-order valence-corrected chi connectivity index (χ2v) is 7.15. The number of nitrogens with zero attached hydrogens (tertiary/aromatic N) is 2. The summed E-state index contributed by atoms with van der Waals surface area (Å²) < 4.78 is 0. The minimum atomic E-state index is 0.682. The van der Waals surface area contributed by atoms with Gasteiger partial charge in [0.25, 0.3) is 0 Å². The van der Waals surface area contributed by atoms with Crippen LogP contribution in [0.25, 0.3) is 0 Å². The number of nitrogens with two attached hydrogens (primary N) is 1. The topological polar surface area (TPSA) is 32.5 Å². The molecule has 1 atom stereocenters. The molecule has 1 aliphatic heterocycles. The molecule has 3 heteroatoms. The van der Waals surface area contributed by atoms with Crippen LogP contribution in [-0.4, -0.2) is 49.1 Å². The molecule has 1 saturated heterocycles. The second kappa shape index (κ2) is 8.66. The van der Waals surface area contributed by atoms with E-state index < -0.39 is 0 Å². The van der Waals surface area contributed by atoms with E-state index >= 15 is 0 Å². The Hall–Kier alpha value is -0.900. The van der Waals surface area contributed by atoms with Crippen molar-refractivity contribution in [3.8, 4) is 0 Å². The van der Waals surface area contributed by atoms with Crippen molar-refractivity contribution in [1.82, 2.24) is 9.80 Å². The Morgan fingerprint density at radius 1 is 1.32 bits per heavy atom. The van der Waals surface area contributed by atoms with E-state index in [0.29, 0.717) is 6.04 Å². The highest BCUT2D eigenvalue weighted by molar-refractivity contribution is 5.23. The normalized spacial score (nSPS) is 20.0. The van der Waals surface area contributed by atoms with Gasteiger partial charge in [-0.3, -0.25) is 0 Å². The van der Waals surface area contributed by atoms with Crippen molar-refractivity contribution in [1.29, 1.82) is 0 Å². The van der Waals surface area contributed by atoms with Gasteiger partial charge in [-0.05, 0) is 70.3 Å². The SMILES string of the molecule is CC(C)N1CCCC(CN(C)Cc2cccc(CCN)c2)C1. The maximum absolute atomic E-state index is 5.66. The Labute approximate surface area is 136 Å². The van der Waals surface area contributed by atoms with E-state index in [1.54, 1.807) is 0 Å². The molecule has 1 fully saturated rings. The number of hydrogen-bond acceptors (Lipinski definition) is 3. The third kappa shape index (κ3) is 5.38. The van der Waals surface area contributed by atoms with Crippen LogP contribution in [0.4, 0.5) is 0 Å². The van der Waals surface area contributed by atoms with Gasteiger partial charge in [0.2, 0.25) is 0 Å². The van der Waals surface area contributed by atoms with E-state index in [4.69, 9.17) is 5.73 Å². The van der Waals surface area contributed by atoms with Crippen molar-refractivity contribution in [2.24, 2.45) is 11.7 Å². The first kappa shape index (κ1) is 17.5. The summed E-state index contributed by atoms with van der Waals surface area (Å²) in [5.74, 6) is 0.813. The van der Waals surface area contributed by atoms with Crippen LogP contribution in [-0.2, 0) is 13.0 Å². The van der Waals surface area contributed by atoms with Gasteiger partial charge in [-0.1, -0.05) is 24.3 Å². The number of likely N-dealkylation sites (tertiary alicyclic amines) is 1. The molecule has 2 rings (SSSR count). The Kier molecular flexibility index (Phi) is 6.87. The van der Waals surface area contributed by atoms with Crippen LogP contribution in [0.1, 0.15) is 37.8 Å². The molecule has 0 spiro atoms. The molecule has 0 bridgehead atoms. The molecule has 0 saturated carbocycles. The molecular formula is C19H33N3. The maximum Gasteiger partial charge on any atom is 0.0230 e. The Bertz CT molecular complexity index is 444. The predicted molar refractivity (Wildman–Crippen MR) is 95.0 cm³/mol. The highest BCUT2D eigenvalue weighted by atomic mass is 15.2. The molecule has 0 amide bonds. The predicted octanol–water partition coefficient (Wildman–Crippen LogP) is 2.74. The molecule has 0 radical (unpaired) electrons. The third-order valence-corrected chi connectivity index (χ3v) is 4.73. The summed E-state index contributed by atoms with van der Waals surface area (Å²) >= 11 is 0. The molecule has 0 aliphatic carbocycles. The zero-order valence-corrected chi connectivity index (χ0v) is 14.6. The van der Waals surface area contributed by atoms with Crippen LogP contribution in [0.2, 0.25) is 0 Å². The van der Waals surface area contributed by atoms with Gasteiger partial charge in [0, 0.05) is 25.7 Å². The van der Waals surface area contributed by atoms with E-state index in [9.17, 15) is 0 Å². The number of piperidine rings is 1. The summed E-state index contributed by atoms with van der Waals surface area (Å²) in [6.45, 7) is 10.1. The van der Waals surface area contributed by atoms with Gasteiger partial charge in [0.15, 0.2) is 0 Å². The lowest BCUT2D eigenvalue weighted by Gasteiger charge is -2.37. The van der Waals surface area contributed by atoms with Crippen molar-refractivity contribution in [2.75, 3.05) is 33.2 Å². The van der Waals surface area contributed by atoms with Crippen molar-refractivity contribution in [3.05, 3.63) is 35.4 Å². The molecule has 22 heavy (non-hydrogen) atoms. The summed E-state index contributed by atoms with van der Waals surface area (Å²) in [6.07, 6.45) is 3.70. The van der Waals surface area contributed by atoms with Gasteiger partial charge in [-0.25, -0.2) is 0 Å². The lowest BCUT2D eigenvalue weighted by molar-refractivity contribution is 0.116. The molecule has 1 unspecified atom stereocenters. The zero-order chi connectivity index (χ0) is 15.9. The van der Waals surface area contributed by atoms with E-state index in [1.807, 2.05) is 0 Å². The van der Waals surface area contributed by atoms with Crippen molar-refractivity contribution in [2.45, 2.75) is 45.7 Å². The van der Waals surface area contributed by atoms with Crippen molar-refractivity contribution in [3.63, 3.8) is 0 Å². The minimum absolute atomic E-state index is 0.682. The van der Waals surface area contributed by atoms with Gasteiger partial charge in [-0.15, -0.1) is 0 Å². The first-order chi connectivity index (χ1) is 10.6. The zero-order valence-electron chi connectivity index (χ0n) is 14.6. The van der Waals surface area contributed by atoms with Crippen LogP contribution in [0.5, 0.6) is 0 Å². The molecule has 2 N–H and O–H groups in total. The standard InChI is InChI=1S/C19H33N3/c1-16(2)22-11-5-8-19(15-22)14-21(3)13-18-7-4-6-17(12-18)9-10-20/h4,6-7,12,16,19H,5,8-11,13-15,20H2,1-3H3. The van der Waals surface area contributed by atoms with E-state index in [0.717, 1.165) is 25.4 Å². The molecule has 1 aromatic carbocycles. The smallest absolute Gasteiger partial charge is 0.0230 e. The summed E-state index contributed by atoms with van der Waals surface area (Å²) in [5.41, 5.74) is 8.42. The average Bonchev–Trinajstić information content (AvgIpc) is 2.48. The summed E-state index contributed by atoms with van der Waals surface area (Å²) in [6, 6.07) is 9.57. The molecule has 1 aliphatic rings. The fourth-order valence-electron chi connectivity index (χ4n) is 3.58. The Morgan fingerprint density at radius 3 is 2.82 bits per heavy atom. The van der Waals surface area contributed by atoms with Crippen LogP contribution in [0.3, 0.4) is 0 Å². The molecule has 0 aromatic heterocycles. The third-order valence-electron chi connectivity index (χ3n) is 4.73. The van der Waals surface area contributed by atoms with Crippen LogP contribution >= 0.6 is 0 Å². The first-order valence-corrected chi connectivity index (χ1v) is 8.79. The number of hydrogen-bond donors (Lipinski definition) is 1. The first-order valence-electron chi connectivity index (χ1n) is 8.79. The highest BCUT2D eigenvalue weighted by Gasteiger charge is 2.22. The minimum Gasteiger partial charge on any atom is -0.330 e. The highest BCUT2D eigenvalue weighted by Crippen LogP contribution is 2.20. The lowest BCUT2D eigenvalue weighted by Crippen LogP contribution is -2.43. The van der Waals surface area contributed by atoms with Crippen LogP contribution in [0.15, 0.2) is 24.3 Å². The number of rotatable bonds is 7. The Morgan fingerprint density at radius 2 is 2.09 bits per heavy atom. The quantitative estimate of drug-likeness (QED) is 0.840. The van der Waals surface area contributed by atoms with Crippen molar-refractivity contribution >= 4 is 0 Å². The lowest BCUT2D eigenvalue weighted by atomic mass is 9.96. The maximum atomic E-state index is 5.66. The molecule has 1 aromatic rings. The number of benzene rings is 1. The molecular weight excluding hydrogens is 270 g/mol. The summed E-state index contributed by atoms with van der Waals surface area (Å²) in [4.78, 5) is 5.11. The molecule has 124 valence electrons. The van der Waals surface area contributed by atoms with Crippen LogP contribution in [0, 0.1) is 5.92 Å². The van der Waals surface area contributed by atoms with E-state index in [2.05, 4.69) is 55.0 Å². The fourth-order valence-corrected chi connectivity index (χ4v) is 3.58. The largest absolute Gasteiger partial charge is 0.330 e. The monoisotopic (exact) mass is 303 g/mol. The van der Waals surface area contributed by atoms with Gasteiger partial charge >= 0.3 is 0 Å². The van der Waals surface area contributed by atoms with Gasteiger partial charge < -0.3 is 15.5 Å². The summed E-state index contributed by atoms with van der Waals surface area (Å²) in [7, 11) is 2.25. The second-order valence-electron chi connectivity index (χ2n) is 7.15. The van der Waals surface area contributed by atoms with Crippen LogP contribution < -0.4 is 5.73 Å². The van der Waals surface area contributed by atoms with Gasteiger partial charge in [-0.2, -0.15) is 0 Å². The molecule has 1 heterocycles. The fraction of sp³-hybridized carbons (Fsp3) is 0.684. The van der Waals surface area contributed by atoms with Gasteiger partial charge in [0.05, 0.1) is 0 Å². The molecule has 3 nitrogen and oxygen atoms in total. The Balaban J connectivity index is 1.84. The van der Waals surface area contributed by atoms with E-state index in [1.165, 1.54) is 43.6 Å². The van der Waals surface area contributed by atoms with Gasteiger partial charge in [0.1, 0.15) is 0 Å². The van der Waals surface area contributed by atoms with Crippen molar-refractivity contribution < 1.29 is 0 Å².